The van der Waals surface area contributed by atoms with Gasteiger partial charge in [-0.15, -0.1) is 0 Å². The van der Waals surface area contributed by atoms with Crippen molar-refractivity contribution in [2.45, 2.75) is 40.5 Å². The standard InChI is InChI=1S/C18H23NO/c1-13-7-14(2)18(15(3)8-13)11-19-10-16-5-4-6-17(9-16)12-20/h4-9,19-20H,10-12H2,1-3H3. The third kappa shape index (κ3) is 3.69. The minimum absolute atomic E-state index is 0.101. The number of hydrogen-bond acceptors (Lipinski definition) is 2. The first-order valence-electron chi connectivity index (χ1n) is 7.06. The summed E-state index contributed by atoms with van der Waals surface area (Å²) in [7, 11) is 0. The predicted molar refractivity (Wildman–Crippen MR) is 83.6 cm³/mol. The van der Waals surface area contributed by atoms with Crippen molar-refractivity contribution in [3.05, 3.63) is 69.8 Å². The molecule has 0 aliphatic carbocycles. The molecule has 0 radical (unpaired) electrons. The molecular formula is C18H23NO. The highest BCUT2D eigenvalue weighted by Gasteiger charge is 2.03. The number of aryl methyl sites for hydroxylation is 3. The van der Waals surface area contributed by atoms with Crippen LogP contribution in [0.4, 0.5) is 0 Å². The fraction of sp³-hybridized carbons (Fsp3) is 0.333. The molecule has 2 aromatic rings. The van der Waals surface area contributed by atoms with E-state index in [1.165, 1.54) is 27.8 Å². The van der Waals surface area contributed by atoms with Crippen LogP contribution in [0.2, 0.25) is 0 Å². The Hall–Kier alpha value is -1.64. The highest BCUT2D eigenvalue weighted by atomic mass is 16.3. The summed E-state index contributed by atoms with van der Waals surface area (Å²) in [4.78, 5) is 0. The summed E-state index contributed by atoms with van der Waals surface area (Å²) in [5.41, 5.74) is 7.57. The maximum Gasteiger partial charge on any atom is 0.0681 e. The molecule has 106 valence electrons. The van der Waals surface area contributed by atoms with Crippen LogP contribution in [0.1, 0.15) is 33.4 Å². The van der Waals surface area contributed by atoms with E-state index in [-0.39, 0.29) is 6.61 Å². The molecule has 2 N–H and O–H groups in total. The number of rotatable bonds is 5. The van der Waals surface area contributed by atoms with Gasteiger partial charge in [-0.3, -0.25) is 0 Å². The summed E-state index contributed by atoms with van der Waals surface area (Å²) < 4.78 is 0. The first-order chi connectivity index (χ1) is 9.60. The summed E-state index contributed by atoms with van der Waals surface area (Å²) in [6.07, 6.45) is 0. The zero-order chi connectivity index (χ0) is 14.5. The number of nitrogens with one attached hydrogen (secondary N) is 1. The molecule has 0 atom stereocenters. The second-order valence-corrected chi connectivity index (χ2v) is 5.46. The Morgan fingerprint density at radius 1 is 0.900 bits per heavy atom. The third-order valence-corrected chi connectivity index (χ3v) is 3.65. The van der Waals surface area contributed by atoms with Gasteiger partial charge in [-0.05, 0) is 48.6 Å². The Labute approximate surface area is 121 Å². The average Bonchev–Trinajstić information content (AvgIpc) is 2.42. The molecule has 2 rings (SSSR count). The lowest BCUT2D eigenvalue weighted by Crippen LogP contribution is -2.14. The monoisotopic (exact) mass is 269 g/mol. The Morgan fingerprint density at radius 2 is 1.55 bits per heavy atom. The van der Waals surface area contributed by atoms with Crippen LogP contribution in [0.5, 0.6) is 0 Å². The molecule has 2 aromatic carbocycles. The molecule has 0 aromatic heterocycles. The Balaban J connectivity index is 1.99. The van der Waals surface area contributed by atoms with Crippen molar-refractivity contribution < 1.29 is 5.11 Å². The molecule has 0 saturated carbocycles. The van der Waals surface area contributed by atoms with Crippen molar-refractivity contribution in [3.8, 4) is 0 Å². The third-order valence-electron chi connectivity index (χ3n) is 3.65. The number of benzene rings is 2. The Kier molecular flexibility index (Phi) is 4.94. The van der Waals surface area contributed by atoms with Gasteiger partial charge in [0.15, 0.2) is 0 Å². The van der Waals surface area contributed by atoms with Crippen molar-refractivity contribution in [1.82, 2.24) is 5.32 Å². The van der Waals surface area contributed by atoms with Gasteiger partial charge in [0.05, 0.1) is 6.61 Å². The highest BCUT2D eigenvalue weighted by molar-refractivity contribution is 5.37. The van der Waals surface area contributed by atoms with Crippen LogP contribution in [0, 0.1) is 20.8 Å². The van der Waals surface area contributed by atoms with Gasteiger partial charge in [-0.1, -0.05) is 42.0 Å². The normalized spacial score (nSPS) is 10.8. The van der Waals surface area contributed by atoms with Crippen LogP contribution < -0.4 is 5.32 Å². The molecule has 0 aliphatic rings. The topological polar surface area (TPSA) is 32.3 Å². The van der Waals surface area contributed by atoms with E-state index < -0.39 is 0 Å². The van der Waals surface area contributed by atoms with Crippen LogP contribution in [-0.2, 0) is 19.7 Å². The van der Waals surface area contributed by atoms with E-state index in [4.69, 9.17) is 5.11 Å². The minimum atomic E-state index is 0.101. The van der Waals surface area contributed by atoms with E-state index in [9.17, 15) is 0 Å². The van der Waals surface area contributed by atoms with Gasteiger partial charge in [-0.2, -0.15) is 0 Å². The maximum atomic E-state index is 9.14. The molecule has 20 heavy (non-hydrogen) atoms. The van der Waals surface area contributed by atoms with E-state index in [1.807, 2.05) is 18.2 Å². The molecule has 0 aliphatic heterocycles. The van der Waals surface area contributed by atoms with Crippen molar-refractivity contribution in [2.24, 2.45) is 0 Å². The van der Waals surface area contributed by atoms with Gasteiger partial charge in [0, 0.05) is 13.1 Å². The molecule has 0 bridgehead atoms. The van der Waals surface area contributed by atoms with Crippen molar-refractivity contribution in [2.75, 3.05) is 0 Å². The average molecular weight is 269 g/mol. The van der Waals surface area contributed by atoms with Crippen LogP contribution >= 0.6 is 0 Å². The van der Waals surface area contributed by atoms with Gasteiger partial charge in [0.2, 0.25) is 0 Å². The summed E-state index contributed by atoms with van der Waals surface area (Å²) in [6, 6.07) is 12.5. The number of hydrogen-bond donors (Lipinski definition) is 2. The fourth-order valence-electron chi connectivity index (χ4n) is 2.66. The largest absolute Gasteiger partial charge is 0.392 e. The second-order valence-electron chi connectivity index (χ2n) is 5.46. The Bertz CT molecular complexity index is 567. The molecule has 0 heterocycles. The smallest absolute Gasteiger partial charge is 0.0681 e. The summed E-state index contributed by atoms with van der Waals surface area (Å²) >= 11 is 0. The predicted octanol–water partition coefficient (Wildman–Crippen LogP) is 3.39. The van der Waals surface area contributed by atoms with Crippen molar-refractivity contribution >= 4 is 0 Å². The lowest BCUT2D eigenvalue weighted by atomic mass is 10.00. The maximum absolute atomic E-state index is 9.14. The second kappa shape index (κ2) is 6.69. The van der Waals surface area contributed by atoms with E-state index in [2.05, 4.69) is 44.3 Å². The van der Waals surface area contributed by atoms with Crippen LogP contribution in [-0.4, -0.2) is 5.11 Å². The molecule has 0 unspecified atom stereocenters. The molecule has 2 heteroatoms. The fourth-order valence-corrected chi connectivity index (χ4v) is 2.66. The zero-order valence-corrected chi connectivity index (χ0v) is 12.5. The number of aliphatic hydroxyl groups excluding tert-OH is 1. The zero-order valence-electron chi connectivity index (χ0n) is 12.5. The summed E-state index contributed by atoms with van der Waals surface area (Å²) in [5.74, 6) is 0. The molecule has 0 spiro atoms. The molecular weight excluding hydrogens is 246 g/mol. The first kappa shape index (κ1) is 14.8. The summed E-state index contributed by atoms with van der Waals surface area (Å²) in [5, 5.41) is 12.6. The van der Waals surface area contributed by atoms with Crippen molar-refractivity contribution in [3.63, 3.8) is 0 Å². The van der Waals surface area contributed by atoms with E-state index in [0.29, 0.717) is 0 Å². The lowest BCUT2D eigenvalue weighted by Gasteiger charge is -2.12. The quantitative estimate of drug-likeness (QED) is 0.872. The SMILES string of the molecule is Cc1cc(C)c(CNCc2cccc(CO)c2)c(C)c1. The van der Waals surface area contributed by atoms with E-state index in [0.717, 1.165) is 18.7 Å². The van der Waals surface area contributed by atoms with Gasteiger partial charge in [0.25, 0.3) is 0 Å². The summed E-state index contributed by atoms with van der Waals surface area (Å²) in [6.45, 7) is 8.27. The molecule has 2 nitrogen and oxygen atoms in total. The Morgan fingerprint density at radius 3 is 2.20 bits per heavy atom. The number of aliphatic hydroxyl groups is 1. The lowest BCUT2D eigenvalue weighted by molar-refractivity contribution is 0.281. The van der Waals surface area contributed by atoms with Crippen LogP contribution in [0.3, 0.4) is 0 Å². The molecule has 0 saturated heterocycles. The van der Waals surface area contributed by atoms with E-state index in [1.54, 1.807) is 0 Å². The van der Waals surface area contributed by atoms with Crippen LogP contribution in [0.25, 0.3) is 0 Å². The minimum Gasteiger partial charge on any atom is -0.392 e. The van der Waals surface area contributed by atoms with Gasteiger partial charge >= 0.3 is 0 Å². The molecule has 0 amide bonds. The van der Waals surface area contributed by atoms with Gasteiger partial charge < -0.3 is 10.4 Å². The van der Waals surface area contributed by atoms with Gasteiger partial charge in [0.1, 0.15) is 0 Å². The molecule has 0 fully saturated rings. The van der Waals surface area contributed by atoms with Crippen LogP contribution in [0.15, 0.2) is 36.4 Å². The highest BCUT2D eigenvalue weighted by Crippen LogP contribution is 2.16. The van der Waals surface area contributed by atoms with Crippen molar-refractivity contribution in [1.29, 1.82) is 0 Å². The van der Waals surface area contributed by atoms with Gasteiger partial charge in [-0.25, -0.2) is 0 Å². The first-order valence-corrected chi connectivity index (χ1v) is 7.06. The van der Waals surface area contributed by atoms with E-state index >= 15 is 0 Å².